The van der Waals surface area contributed by atoms with Crippen molar-refractivity contribution < 1.29 is 9.90 Å². The standard InChI is InChI=1S/C10H11N3O2S/c1-13-9(8(4-12-13)10(14)15)5-11-7-2-3-16-6-7/h2-4,6,11H,5H2,1H3,(H,14,15). The van der Waals surface area contributed by atoms with Crippen molar-refractivity contribution in [3.63, 3.8) is 0 Å². The second-order valence-electron chi connectivity index (χ2n) is 3.30. The molecule has 0 aliphatic carbocycles. The van der Waals surface area contributed by atoms with Crippen molar-refractivity contribution in [2.75, 3.05) is 5.32 Å². The first-order chi connectivity index (χ1) is 7.68. The second-order valence-corrected chi connectivity index (χ2v) is 4.08. The molecule has 0 spiro atoms. The van der Waals surface area contributed by atoms with Gasteiger partial charge < -0.3 is 10.4 Å². The lowest BCUT2D eigenvalue weighted by molar-refractivity contribution is 0.0695. The average molecular weight is 237 g/mol. The lowest BCUT2D eigenvalue weighted by Gasteiger charge is -2.05. The summed E-state index contributed by atoms with van der Waals surface area (Å²) in [7, 11) is 1.73. The molecule has 0 bridgehead atoms. The van der Waals surface area contributed by atoms with Crippen LogP contribution in [0.25, 0.3) is 0 Å². The summed E-state index contributed by atoms with van der Waals surface area (Å²) in [6, 6.07) is 1.95. The van der Waals surface area contributed by atoms with Gasteiger partial charge in [0.1, 0.15) is 5.56 Å². The lowest BCUT2D eigenvalue weighted by Crippen LogP contribution is -2.09. The van der Waals surface area contributed by atoms with Crippen LogP contribution in [0.4, 0.5) is 5.69 Å². The third-order valence-electron chi connectivity index (χ3n) is 2.27. The van der Waals surface area contributed by atoms with Crippen molar-refractivity contribution in [2.45, 2.75) is 6.54 Å². The van der Waals surface area contributed by atoms with Crippen molar-refractivity contribution in [1.29, 1.82) is 0 Å². The van der Waals surface area contributed by atoms with E-state index < -0.39 is 5.97 Å². The lowest BCUT2D eigenvalue weighted by atomic mass is 10.2. The van der Waals surface area contributed by atoms with Crippen LogP contribution >= 0.6 is 11.3 Å². The molecule has 0 unspecified atom stereocenters. The van der Waals surface area contributed by atoms with E-state index in [1.165, 1.54) is 6.20 Å². The third kappa shape index (κ3) is 2.06. The highest BCUT2D eigenvalue weighted by Gasteiger charge is 2.14. The number of hydrogen-bond acceptors (Lipinski definition) is 4. The molecular formula is C10H11N3O2S. The first-order valence-electron chi connectivity index (χ1n) is 4.68. The number of aromatic nitrogens is 2. The summed E-state index contributed by atoms with van der Waals surface area (Å²) >= 11 is 1.59. The van der Waals surface area contributed by atoms with E-state index in [9.17, 15) is 4.79 Å². The Labute approximate surface area is 96.3 Å². The van der Waals surface area contributed by atoms with Gasteiger partial charge in [-0.15, -0.1) is 0 Å². The zero-order valence-corrected chi connectivity index (χ0v) is 9.49. The van der Waals surface area contributed by atoms with Gasteiger partial charge >= 0.3 is 5.97 Å². The van der Waals surface area contributed by atoms with E-state index in [1.807, 2.05) is 16.8 Å². The van der Waals surface area contributed by atoms with E-state index in [2.05, 4.69) is 10.4 Å². The van der Waals surface area contributed by atoms with Gasteiger partial charge in [0.2, 0.25) is 0 Å². The van der Waals surface area contributed by atoms with E-state index in [1.54, 1.807) is 23.1 Å². The minimum Gasteiger partial charge on any atom is -0.478 e. The van der Waals surface area contributed by atoms with Gasteiger partial charge in [-0.25, -0.2) is 4.79 Å². The smallest absolute Gasteiger partial charge is 0.339 e. The highest BCUT2D eigenvalue weighted by atomic mass is 32.1. The SMILES string of the molecule is Cn1ncc(C(=O)O)c1CNc1ccsc1. The van der Waals surface area contributed by atoms with Crippen LogP contribution in [0.5, 0.6) is 0 Å². The Morgan fingerprint density at radius 2 is 2.50 bits per heavy atom. The van der Waals surface area contributed by atoms with E-state index in [0.29, 0.717) is 12.2 Å². The Hall–Kier alpha value is -1.82. The number of aromatic carboxylic acids is 1. The Balaban J connectivity index is 2.14. The normalized spacial score (nSPS) is 10.3. The number of anilines is 1. The molecule has 2 aromatic rings. The first-order valence-corrected chi connectivity index (χ1v) is 5.63. The molecule has 0 aliphatic rings. The maximum Gasteiger partial charge on any atom is 0.339 e. The fourth-order valence-electron chi connectivity index (χ4n) is 1.40. The molecule has 0 saturated heterocycles. The minimum absolute atomic E-state index is 0.241. The highest BCUT2D eigenvalue weighted by Crippen LogP contribution is 2.14. The molecule has 0 saturated carbocycles. The van der Waals surface area contributed by atoms with Crippen LogP contribution in [0.3, 0.4) is 0 Å². The summed E-state index contributed by atoms with van der Waals surface area (Å²) in [6.45, 7) is 0.453. The number of thiophene rings is 1. The predicted molar refractivity (Wildman–Crippen MR) is 61.8 cm³/mol. The molecule has 84 valence electrons. The first kappa shape index (κ1) is 10.7. The van der Waals surface area contributed by atoms with Crippen LogP contribution in [0, 0.1) is 0 Å². The summed E-state index contributed by atoms with van der Waals surface area (Å²) in [4.78, 5) is 10.9. The molecule has 0 atom stereocenters. The van der Waals surface area contributed by atoms with Crippen LogP contribution in [-0.2, 0) is 13.6 Å². The van der Waals surface area contributed by atoms with Gasteiger partial charge in [0.25, 0.3) is 0 Å². The van der Waals surface area contributed by atoms with Crippen LogP contribution in [0.15, 0.2) is 23.0 Å². The van der Waals surface area contributed by atoms with Gasteiger partial charge in [-0.1, -0.05) is 0 Å². The highest BCUT2D eigenvalue weighted by molar-refractivity contribution is 7.08. The fraction of sp³-hybridized carbons (Fsp3) is 0.200. The maximum absolute atomic E-state index is 10.9. The number of carboxylic acids is 1. The van der Waals surface area contributed by atoms with Crippen LogP contribution < -0.4 is 5.32 Å². The molecule has 0 fully saturated rings. The summed E-state index contributed by atoms with van der Waals surface area (Å²) in [5, 5.41) is 20.0. The summed E-state index contributed by atoms with van der Waals surface area (Å²) in [5.74, 6) is -0.949. The van der Waals surface area contributed by atoms with E-state index >= 15 is 0 Å². The van der Waals surface area contributed by atoms with Crippen molar-refractivity contribution in [1.82, 2.24) is 9.78 Å². The van der Waals surface area contributed by atoms with Gasteiger partial charge in [-0.2, -0.15) is 16.4 Å². The number of aryl methyl sites for hydroxylation is 1. The Kier molecular flexibility index (Phi) is 2.91. The van der Waals surface area contributed by atoms with Crippen molar-refractivity contribution in [2.24, 2.45) is 7.05 Å². The molecule has 2 heterocycles. The number of carbonyl (C=O) groups is 1. The molecule has 0 amide bonds. The van der Waals surface area contributed by atoms with Crippen LogP contribution in [-0.4, -0.2) is 20.9 Å². The van der Waals surface area contributed by atoms with Gasteiger partial charge in [0.05, 0.1) is 18.4 Å². The summed E-state index contributed by atoms with van der Waals surface area (Å²) in [6.07, 6.45) is 1.37. The van der Waals surface area contributed by atoms with E-state index in [4.69, 9.17) is 5.11 Å². The quantitative estimate of drug-likeness (QED) is 0.850. The summed E-state index contributed by atoms with van der Waals surface area (Å²) < 4.78 is 1.57. The van der Waals surface area contributed by atoms with E-state index in [0.717, 1.165) is 5.69 Å². The fourth-order valence-corrected chi connectivity index (χ4v) is 2.01. The molecule has 2 aromatic heterocycles. The molecule has 5 nitrogen and oxygen atoms in total. The summed E-state index contributed by atoms with van der Waals surface area (Å²) in [5.41, 5.74) is 1.89. The molecule has 2 rings (SSSR count). The molecule has 0 aromatic carbocycles. The molecular weight excluding hydrogens is 226 g/mol. The number of carboxylic acid groups (broad SMARTS) is 1. The molecule has 16 heavy (non-hydrogen) atoms. The zero-order chi connectivity index (χ0) is 11.5. The van der Waals surface area contributed by atoms with Crippen molar-refractivity contribution in [3.8, 4) is 0 Å². The largest absolute Gasteiger partial charge is 0.478 e. The van der Waals surface area contributed by atoms with Crippen molar-refractivity contribution in [3.05, 3.63) is 34.3 Å². The number of nitrogens with one attached hydrogen (secondary N) is 1. The van der Waals surface area contributed by atoms with Gasteiger partial charge in [0.15, 0.2) is 0 Å². The van der Waals surface area contributed by atoms with Crippen LogP contribution in [0.1, 0.15) is 16.1 Å². The van der Waals surface area contributed by atoms with E-state index in [-0.39, 0.29) is 5.56 Å². The van der Waals surface area contributed by atoms with Crippen molar-refractivity contribution >= 4 is 23.0 Å². The monoisotopic (exact) mass is 237 g/mol. The Morgan fingerprint density at radius 3 is 3.12 bits per heavy atom. The van der Waals surface area contributed by atoms with Gasteiger partial charge in [-0.3, -0.25) is 4.68 Å². The number of rotatable bonds is 4. The van der Waals surface area contributed by atoms with Gasteiger partial charge in [-0.05, 0) is 11.4 Å². The molecule has 0 radical (unpaired) electrons. The molecule has 2 N–H and O–H groups in total. The topological polar surface area (TPSA) is 67.2 Å². The molecule has 6 heteroatoms. The zero-order valence-electron chi connectivity index (χ0n) is 8.67. The molecule has 0 aliphatic heterocycles. The minimum atomic E-state index is -0.949. The number of hydrogen-bond donors (Lipinski definition) is 2. The number of nitrogens with zero attached hydrogens (tertiary/aromatic N) is 2. The Morgan fingerprint density at radius 1 is 1.69 bits per heavy atom. The van der Waals surface area contributed by atoms with Crippen LogP contribution in [0.2, 0.25) is 0 Å². The second kappa shape index (κ2) is 4.36. The maximum atomic E-state index is 10.9. The predicted octanol–water partition coefficient (Wildman–Crippen LogP) is 1.79. The Bertz CT molecular complexity index is 490. The van der Waals surface area contributed by atoms with Gasteiger partial charge in [0, 0.05) is 18.1 Å². The third-order valence-corrected chi connectivity index (χ3v) is 2.96. The average Bonchev–Trinajstić information content (AvgIpc) is 2.84.